The molecule has 0 unspecified atom stereocenters. The quantitative estimate of drug-likeness (QED) is 0.733. The number of amides is 4. The molecule has 4 rings (SSSR count). The van der Waals surface area contributed by atoms with Crippen LogP contribution in [0.25, 0.3) is 0 Å². The highest BCUT2D eigenvalue weighted by Gasteiger charge is 2.32. The zero-order chi connectivity index (χ0) is 22.8. The molecule has 2 aliphatic heterocycles. The van der Waals surface area contributed by atoms with E-state index in [2.05, 4.69) is 20.8 Å². The number of fused-ring (bicyclic) bond motifs is 1. The van der Waals surface area contributed by atoms with Gasteiger partial charge in [-0.25, -0.2) is 4.79 Å². The maximum atomic E-state index is 12.6. The fourth-order valence-electron chi connectivity index (χ4n) is 3.31. The molecule has 2 aromatic rings. The van der Waals surface area contributed by atoms with Gasteiger partial charge in [-0.05, 0) is 38.1 Å². The predicted octanol–water partition coefficient (Wildman–Crippen LogP) is 2.35. The second kappa shape index (κ2) is 8.53. The lowest BCUT2D eigenvalue weighted by atomic mass is 10.2. The number of hydrogen-bond acceptors (Lipinski definition) is 7. The average Bonchev–Trinajstić information content (AvgIpc) is 3.25. The van der Waals surface area contributed by atoms with Crippen molar-refractivity contribution in [3.8, 4) is 0 Å². The van der Waals surface area contributed by atoms with Gasteiger partial charge in [0.15, 0.2) is 0 Å². The number of ether oxygens (including phenoxy) is 1. The molecule has 166 valence electrons. The monoisotopic (exact) mass is 438 g/mol. The van der Waals surface area contributed by atoms with Crippen LogP contribution >= 0.6 is 0 Å². The highest BCUT2D eigenvalue weighted by atomic mass is 16.5. The number of aryl methyl sites for hydroxylation is 2. The first-order valence-corrected chi connectivity index (χ1v) is 9.95. The summed E-state index contributed by atoms with van der Waals surface area (Å²) in [5, 5.41) is 9.28. The molecule has 11 nitrogen and oxygen atoms in total. The van der Waals surface area contributed by atoms with Crippen LogP contribution < -0.4 is 10.6 Å². The Morgan fingerprint density at radius 2 is 1.78 bits per heavy atom. The van der Waals surface area contributed by atoms with E-state index in [9.17, 15) is 14.4 Å². The summed E-state index contributed by atoms with van der Waals surface area (Å²) < 4.78 is 10.7. The summed E-state index contributed by atoms with van der Waals surface area (Å²) in [5.74, 6) is 0.0297. The van der Waals surface area contributed by atoms with E-state index in [1.54, 1.807) is 41.0 Å². The third kappa shape index (κ3) is 4.46. The normalized spacial score (nSPS) is 15.4. The molecule has 2 N–H and O–H groups in total. The maximum absolute atomic E-state index is 12.6. The minimum Gasteiger partial charge on any atom is -0.418 e. The van der Waals surface area contributed by atoms with Gasteiger partial charge in [-0.2, -0.15) is 0 Å². The Morgan fingerprint density at radius 1 is 1.09 bits per heavy atom. The molecule has 11 heteroatoms. The number of rotatable bonds is 5. The lowest BCUT2D eigenvalue weighted by Gasteiger charge is -2.19. The Kier molecular flexibility index (Phi) is 5.63. The fourth-order valence-corrected chi connectivity index (χ4v) is 3.31. The lowest BCUT2D eigenvalue weighted by Crippen LogP contribution is -2.32. The summed E-state index contributed by atoms with van der Waals surface area (Å²) in [4.78, 5) is 43.5. The topological polar surface area (TPSA) is 129 Å². The van der Waals surface area contributed by atoms with Crippen molar-refractivity contribution in [1.29, 1.82) is 0 Å². The van der Waals surface area contributed by atoms with Crippen LogP contribution in [0.4, 0.5) is 16.2 Å². The Morgan fingerprint density at radius 3 is 2.41 bits per heavy atom. The SMILES string of the molecule is CC(=O)Nc1ccc(NC(=O)C2=CN3CCN(Cc4c(C)noc4C)C(=O)N=C3O2)cc1. The first-order chi connectivity index (χ1) is 15.3. The number of benzene rings is 1. The number of anilines is 2. The van der Waals surface area contributed by atoms with Crippen molar-refractivity contribution in [3.63, 3.8) is 0 Å². The van der Waals surface area contributed by atoms with Crippen molar-refractivity contribution >= 4 is 35.2 Å². The largest absolute Gasteiger partial charge is 0.418 e. The van der Waals surface area contributed by atoms with Gasteiger partial charge in [0.05, 0.1) is 18.4 Å². The van der Waals surface area contributed by atoms with Gasteiger partial charge < -0.3 is 24.8 Å². The van der Waals surface area contributed by atoms with Gasteiger partial charge in [-0.15, -0.1) is 4.99 Å². The van der Waals surface area contributed by atoms with Crippen LogP contribution in [0, 0.1) is 13.8 Å². The number of amidine groups is 1. The van der Waals surface area contributed by atoms with E-state index in [1.807, 2.05) is 6.92 Å². The molecule has 0 spiro atoms. The standard InChI is InChI=1S/C21H22N6O5/c1-12-17(13(2)32-25-12)10-26-8-9-27-11-18(31-21(27)24-20(26)30)19(29)23-16-6-4-15(5-7-16)22-14(3)28/h4-7,11H,8-10H2,1-3H3,(H,22,28)(H,23,29). The van der Waals surface area contributed by atoms with Crippen LogP contribution in [0.3, 0.4) is 0 Å². The molecule has 32 heavy (non-hydrogen) atoms. The molecular weight excluding hydrogens is 416 g/mol. The highest BCUT2D eigenvalue weighted by molar-refractivity contribution is 6.06. The van der Waals surface area contributed by atoms with Gasteiger partial charge in [0.25, 0.3) is 5.91 Å². The van der Waals surface area contributed by atoms with Crippen molar-refractivity contribution < 1.29 is 23.6 Å². The molecular formula is C21H22N6O5. The molecule has 2 aliphatic rings. The Hall–Kier alpha value is -4.15. The van der Waals surface area contributed by atoms with E-state index in [4.69, 9.17) is 9.26 Å². The molecule has 1 aromatic carbocycles. The third-order valence-electron chi connectivity index (χ3n) is 5.01. The number of carbonyl (C=O) groups is 3. The van der Waals surface area contributed by atoms with Crippen LogP contribution in [0.5, 0.6) is 0 Å². The molecule has 3 heterocycles. The minimum atomic E-state index is -0.479. The molecule has 0 fully saturated rings. The van der Waals surface area contributed by atoms with Crippen molar-refractivity contribution in [3.05, 3.63) is 53.2 Å². The Balaban J connectivity index is 1.39. The average molecular weight is 438 g/mol. The smallest absolute Gasteiger partial charge is 0.348 e. The van der Waals surface area contributed by atoms with E-state index in [0.29, 0.717) is 36.8 Å². The second-order valence-corrected chi connectivity index (χ2v) is 7.40. The molecule has 4 amide bonds. The number of carbonyl (C=O) groups excluding carboxylic acids is 3. The first-order valence-electron chi connectivity index (χ1n) is 9.95. The van der Waals surface area contributed by atoms with Gasteiger partial charge >= 0.3 is 12.1 Å². The zero-order valence-electron chi connectivity index (χ0n) is 17.8. The summed E-state index contributed by atoms with van der Waals surface area (Å²) in [5.41, 5.74) is 2.73. The number of aliphatic imine (C=N–C) groups is 1. The summed E-state index contributed by atoms with van der Waals surface area (Å²) in [6.07, 6.45) is 1.52. The number of nitrogens with zero attached hydrogens (tertiary/aromatic N) is 4. The van der Waals surface area contributed by atoms with Gasteiger partial charge in [-0.1, -0.05) is 5.16 Å². The number of urea groups is 1. The van der Waals surface area contributed by atoms with Crippen molar-refractivity contribution in [2.45, 2.75) is 27.3 Å². The molecule has 0 saturated heterocycles. The number of aromatic nitrogens is 1. The second-order valence-electron chi connectivity index (χ2n) is 7.40. The molecule has 0 atom stereocenters. The van der Waals surface area contributed by atoms with Gasteiger partial charge in [-0.3, -0.25) is 14.5 Å². The highest BCUT2D eigenvalue weighted by Crippen LogP contribution is 2.22. The summed E-state index contributed by atoms with van der Waals surface area (Å²) in [6.45, 7) is 6.16. The van der Waals surface area contributed by atoms with E-state index in [-0.39, 0.29) is 17.7 Å². The third-order valence-corrected chi connectivity index (χ3v) is 5.01. The van der Waals surface area contributed by atoms with Crippen LogP contribution in [0.15, 0.2) is 45.7 Å². The molecule has 0 aliphatic carbocycles. The minimum absolute atomic E-state index is 0.0293. The molecule has 0 radical (unpaired) electrons. The molecule has 1 aromatic heterocycles. The van der Waals surface area contributed by atoms with Crippen molar-refractivity contribution in [2.75, 3.05) is 23.7 Å². The molecule has 0 saturated carbocycles. The van der Waals surface area contributed by atoms with E-state index in [0.717, 1.165) is 11.3 Å². The Labute approximate surface area is 183 Å². The van der Waals surface area contributed by atoms with Crippen LogP contribution in [0.2, 0.25) is 0 Å². The van der Waals surface area contributed by atoms with Crippen LogP contribution in [0.1, 0.15) is 23.9 Å². The fraction of sp³-hybridized carbons (Fsp3) is 0.286. The Bertz CT molecular complexity index is 1110. The summed E-state index contributed by atoms with van der Waals surface area (Å²) in [6, 6.07) is 6.25. The van der Waals surface area contributed by atoms with Crippen LogP contribution in [-0.4, -0.2) is 51.9 Å². The van der Waals surface area contributed by atoms with E-state index < -0.39 is 11.9 Å². The van der Waals surface area contributed by atoms with Gasteiger partial charge in [0.1, 0.15) is 5.76 Å². The number of hydrogen-bond donors (Lipinski definition) is 2. The first kappa shape index (κ1) is 21.1. The summed E-state index contributed by atoms with van der Waals surface area (Å²) in [7, 11) is 0. The van der Waals surface area contributed by atoms with E-state index >= 15 is 0 Å². The molecule has 0 bridgehead atoms. The number of nitrogens with one attached hydrogen (secondary N) is 2. The lowest BCUT2D eigenvalue weighted by molar-refractivity contribution is -0.115. The van der Waals surface area contributed by atoms with Crippen molar-refractivity contribution in [2.24, 2.45) is 4.99 Å². The van der Waals surface area contributed by atoms with Gasteiger partial charge in [0.2, 0.25) is 11.7 Å². The van der Waals surface area contributed by atoms with E-state index in [1.165, 1.54) is 13.1 Å². The van der Waals surface area contributed by atoms with Crippen LogP contribution in [-0.2, 0) is 20.9 Å². The van der Waals surface area contributed by atoms with Crippen molar-refractivity contribution in [1.82, 2.24) is 15.0 Å². The predicted molar refractivity (Wildman–Crippen MR) is 114 cm³/mol. The summed E-state index contributed by atoms with van der Waals surface area (Å²) >= 11 is 0. The maximum Gasteiger partial charge on any atom is 0.348 e. The zero-order valence-corrected chi connectivity index (χ0v) is 17.8. The van der Waals surface area contributed by atoms with Gasteiger partial charge in [0, 0.05) is 37.0 Å².